The zero-order valence-corrected chi connectivity index (χ0v) is 11.6. The molecular weight excluding hydrogens is 262 g/mol. The molecule has 2 unspecified atom stereocenters. The van der Waals surface area contributed by atoms with Gasteiger partial charge in [0.05, 0.1) is 11.3 Å². The normalized spacial score (nSPS) is 32.0. The maximum atomic E-state index is 8.86. The summed E-state index contributed by atoms with van der Waals surface area (Å²) < 4.78 is 8.16. The molecule has 2 aliphatic heterocycles. The van der Waals surface area contributed by atoms with Crippen LogP contribution >= 0.6 is 11.8 Å². The van der Waals surface area contributed by atoms with Crippen LogP contribution in [-0.2, 0) is 4.74 Å². The summed E-state index contributed by atoms with van der Waals surface area (Å²) in [6.07, 6.45) is 5.14. The van der Waals surface area contributed by atoms with Gasteiger partial charge in [-0.3, -0.25) is 0 Å². The van der Waals surface area contributed by atoms with Crippen molar-refractivity contribution in [1.82, 2.24) is 4.57 Å². The average Bonchev–Trinajstić information content (AvgIpc) is 3.07. The van der Waals surface area contributed by atoms with E-state index in [1.807, 2.05) is 30.1 Å². The average molecular weight is 281 g/mol. The molecule has 0 aromatic carbocycles. The van der Waals surface area contributed by atoms with E-state index >= 15 is 0 Å². The minimum absolute atomic E-state index is 0.0419. The van der Waals surface area contributed by atoms with Gasteiger partial charge in [-0.2, -0.15) is 11.8 Å². The Bertz CT molecular complexity index is 480. The Hall–Kier alpha value is -1.14. The van der Waals surface area contributed by atoms with Crippen molar-refractivity contribution in [3.05, 3.63) is 24.0 Å². The number of ether oxygens (including phenoxy) is 1. The molecule has 1 spiro atoms. The van der Waals surface area contributed by atoms with Gasteiger partial charge in [-0.25, -0.2) is 0 Å². The lowest BCUT2D eigenvalue weighted by atomic mass is 9.89. The Morgan fingerprint density at radius 3 is 3.26 bits per heavy atom. The summed E-state index contributed by atoms with van der Waals surface area (Å²) in [6.45, 7) is 0.791. The molecule has 3 rings (SSSR count). The number of amidine groups is 1. The van der Waals surface area contributed by atoms with Gasteiger partial charge >= 0.3 is 0 Å². The molecule has 104 valence electrons. The first-order valence-corrected chi connectivity index (χ1v) is 7.76. The van der Waals surface area contributed by atoms with Crippen molar-refractivity contribution in [2.24, 2.45) is 10.9 Å². The first kappa shape index (κ1) is 12.9. The summed E-state index contributed by atoms with van der Waals surface area (Å²) in [5, 5.41) is 12.0. The zero-order valence-electron chi connectivity index (χ0n) is 10.8. The summed E-state index contributed by atoms with van der Waals surface area (Å²) >= 11 is 1.97. The minimum Gasteiger partial charge on any atom is -0.409 e. The Balaban J connectivity index is 1.84. The van der Waals surface area contributed by atoms with Crippen molar-refractivity contribution < 1.29 is 9.94 Å². The van der Waals surface area contributed by atoms with Crippen LogP contribution < -0.4 is 5.73 Å². The summed E-state index contributed by atoms with van der Waals surface area (Å²) in [4.78, 5) is 0. The highest BCUT2D eigenvalue weighted by Crippen LogP contribution is 2.42. The second-order valence-corrected chi connectivity index (χ2v) is 6.37. The summed E-state index contributed by atoms with van der Waals surface area (Å²) in [5.74, 6) is 2.45. The zero-order chi connectivity index (χ0) is 13.3. The highest BCUT2D eigenvalue weighted by Gasteiger charge is 2.41. The largest absolute Gasteiger partial charge is 0.409 e. The number of thioether (sulfide) groups is 1. The molecule has 19 heavy (non-hydrogen) atoms. The molecule has 2 saturated heterocycles. The number of nitrogens with two attached hydrogens (primary N) is 1. The van der Waals surface area contributed by atoms with E-state index in [2.05, 4.69) is 9.72 Å². The fourth-order valence-corrected chi connectivity index (χ4v) is 4.46. The highest BCUT2D eigenvalue weighted by molar-refractivity contribution is 7.99. The van der Waals surface area contributed by atoms with Gasteiger partial charge in [0.15, 0.2) is 5.84 Å². The molecule has 2 aliphatic rings. The Labute approximate surface area is 116 Å². The Morgan fingerprint density at radius 1 is 1.63 bits per heavy atom. The van der Waals surface area contributed by atoms with Gasteiger partial charge in [0, 0.05) is 24.6 Å². The standard InChI is InChI=1S/C13H19N3O2S/c14-12(15-17)11-2-1-5-16(11)10-3-6-18-13(8-10)4-7-19-9-13/h1-2,5,10,17H,3-4,6-9H2,(H2,14,15). The van der Waals surface area contributed by atoms with E-state index in [0.717, 1.165) is 37.3 Å². The predicted molar refractivity (Wildman–Crippen MR) is 75.8 cm³/mol. The van der Waals surface area contributed by atoms with Crippen molar-refractivity contribution in [1.29, 1.82) is 0 Å². The first-order chi connectivity index (χ1) is 9.24. The molecule has 0 saturated carbocycles. The second kappa shape index (κ2) is 5.09. The number of hydrogen-bond acceptors (Lipinski definition) is 4. The van der Waals surface area contributed by atoms with Crippen LogP contribution in [0.5, 0.6) is 0 Å². The van der Waals surface area contributed by atoms with Gasteiger partial charge < -0.3 is 20.2 Å². The van der Waals surface area contributed by atoms with E-state index in [0.29, 0.717) is 6.04 Å². The van der Waals surface area contributed by atoms with Crippen molar-refractivity contribution in [3.8, 4) is 0 Å². The maximum Gasteiger partial charge on any atom is 0.186 e. The van der Waals surface area contributed by atoms with Crippen molar-refractivity contribution in [2.75, 3.05) is 18.1 Å². The first-order valence-electron chi connectivity index (χ1n) is 6.60. The molecule has 2 atom stereocenters. The lowest BCUT2D eigenvalue weighted by Gasteiger charge is -2.38. The number of rotatable bonds is 2. The van der Waals surface area contributed by atoms with Crippen molar-refractivity contribution in [2.45, 2.75) is 30.9 Å². The van der Waals surface area contributed by atoms with E-state index in [9.17, 15) is 0 Å². The summed E-state index contributed by atoms with van der Waals surface area (Å²) in [5.41, 5.74) is 6.56. The number of hydrogen-bond donors (Lipinski definition) is 2. The molecule has 1 aromatic rings. The van der Waals surface area contributed by atoms with Gasteiger partial charge in [0.25, 0.3) is 0 Å². The molecular formula is C13H19N3O2S. The minimum atomic E-state index is 0.0419. The highest BCUT2D eigenvalue weighted by atomic mass is 32.2. The third-order valence-electron chi connectivity index (χ3n) is 4.08. The quantitative estimate of drug-likeness (QED) is 0.375. The molecule has 0 bridgehead atoms. The topological polar surface area (TPSA) is 72.8 Å². The third-order valence-corrected chi connectivity index (χ3v) is 5.30. The fraction of sp³-hybridized carbons (Fsp3) is 0.615. The van der Waals surface area contributed by atoms with Crippen LogP contribution in [0.15, 0.2) is 23.5 Å². The van der Waals surface area contributed by atoms with Gasteiger partial charge in [-0.15, -0.1) is 0 Å². The molecule has 0 radical (unpaired) electrons. The molecule has 5 nitrogen and oxygen atoms in total. The second-order valence-electron chi connectivity index (χ2n) is 5.27. The van der Waals surface area contributed by atoms with E-state index in [1.165, 1.54) is 5.75 Å². The third kappa shape index (κ3) is 2.34. The van der Waals surface area contributed by atoms with E-state index in [-0.39, 0.29) is 11.4 Å². The van der Waals surface area contributed by atoms with Gasteiger partial charge in [0.1, 0.15) is 0 Å². The van der Waals surface area contributed by atoms with Gasteiger partial charge in [-0.05, 0) is 37.1 Å². The maximum absolute atomic E-state index is 8.86. The van der Waals surface area contributed by atoms with Gasteiger partial charge in [0.2, 0.25) is 0 Å². The lowest BCUT2D eigenvalue weighted by molar-refractivity contribution is -0.0762. The van der Waals surface area contributed by atoms with Crippen molar-refractivity contribution >= 4 is 17.6 Å². The summed E-state index contributed by atoms with van der Waals surface area (Å²) in [6, 6.07) is 4.21. The molecule has 0 amide bonds. The fourth-order valence-electron chi connectivity index (χ4n) is 3.08. The van der Waals surface area contributed by atoms with E-state index < -0.39 is 0 Å². The van der Waals surface area contributed by atoms with Crippen LogP contribution in [-0.4, -0.2) is 39.3 Å². The number of oxime groups is 1. The van der Waals surface area contributed by atoms with Crippen LogP contribution in [0.25, 0.3) is 0 Å². The van der Waals surface area contributed by atoms with Crippen LogP contribution in [0.3, 0.4) is 0 Å². The number of nitrogens with zero attached hydrogens (tertiary/aromatic N) is 2. The smallest absolute Gasteiger partial charge is 0.186 e. The molecule has 1 aromatic heterocycles. The summed E-state index contributed by atoms with van der Waals surface area (Å²) in [7, 11) is 0. The Morgan fingerprint density at radius 2 is 2.53 bits per heavy atom. The molecule has 0 aliphatic carbocycles. The SMILES string of the molecule is N/C(=N/O)c1cccn1C1CCOC2(CCSC2)C1. The van der Waals surface area contributed by atoms with Crippen LogP contribution in [0.2, 0.25) is 0 Å². The molecule has 3 N–H and O–H groups in total. The van der Waals surface area contributed by atoms with Gasteiger partial charge in [-0.1, -0.05) is 5.16 Å². The number of aromatic nitrogens is 1. The van der Waals surface area contributed by atoms with Crippen LogP contribution in [0.1, 0.15) is 31.0 Å². The molecule has 6 heteroatoms. The van der Waals surface area contributed by atoms with E-state index in [4.69, 9.17) is 15.7 Å². The molecule has 2 fully saturated rings. The van der Waals surface area contributed by atoms with E-state index in [1.54, 1.807) is 0 Å². The molecule has 3 heterocycles. The predicted octanol–water partition coefficient (Wildman–Crippen LogP) is 1.81. The van der Waals surface area contributed by atoms with Crippen LogP contribution in [0.4, 0.5) is 0 Å². The Kier molecular flexibility index (Phi) is 3.45. The monoisotopic (exact) mass is 281 g/mol. The van der Waals surface area contributed by atoms with Crippen LogP contribution in [0, 0.1) is 0 Å². The van der Waals surface area contributed by atoms with Crippen molar-refractivity contribution in [3.63, 3.8) is 0 Å². The lowest BCUT2D eigenvalue weighted by Crippen LogP contribution is -2.41.